The van der Waals surface area contributed by atoms with Crippen molar-refractivity contribution in [3.63, 3.8) is 0 Å². The van der Waals surface area contributed by atoms with Crippen LogP contribution in [0.15, 0.2) is 48.7 Å². The van der Waals surface area contributed by atoms with Crippen LogP contribution in [0.1, 0.15) is 27.6 Å². The van der Waals surface area contributed by atoms with E-state index in [9.17, 15) is 22.8 Å². The normalized spacial score (nSPS) is 15.6. The first-order chi connectivity index (χ1) is 18.0. The molecule has 3 aromatic rings. The van der Waals surface area contributed by atoms with Crippen molar-refractivity contribution in [1.82, 2.24) is 19.6 Å². The summed E-state index contributed by atoms with van der Waals surface area (Å²) in [5.41, 5.74) is 0.125. The molecule has 0 saturated carbocycles. The van der Waals surface area contributed by atoms with E-state index in [0.717, 1.165) is 21.3 Å². The standard InChI is InChI=1S/C26H24F3N5O3S/c1-30-22-11-18-19(12-33(14-21(18)38-22)23(35)9-6-10-32(2)3)16-7-4-5-8-17(16)20-13-34(15-24(36)37)31-25(20)26(27,28)29/h4-9,11,13,19H,10,12,14-15H2,2-3H3,(H,36,37)/b9-6+/t19-/m0/s1. The van der Waals surface area contributed by atoms with Crippen molar-refractivity contribution >= 4 is 28.2 Å². The summed E-state index contributed by atoms with van der Waals surface area (Å²) in [6, 6.07) is 8.27. The second-order valence-corrected chi connectivity index (χ2v) is 10.2. The Kier molecular flexibility index (Phi) is 7.71. The minimum atomic E-state index is -4.82. The van der Waals surface area contributed by atoms with Gasteiger partial charge in [0.2, 0.25) is 10.9 Å². The highest BCUT2D eigenvalue weighted by atomic mass is 32.1. The average Bonchev–Trinajstić information content (AvgIpc) is 3.46. The van der Waals surface area contributed by atoms with Gasteiger partial charge in [0.15, 0.2) is 5.69 Å². The first-order valence-corrected chi connectivity index (χ1v) is 12.4. The molecule has 198 valence electrons. The van der Waals surface area contributed by atoms with Gasteiger partial charge in [-0.25, -0.2) is 4.85 Å². The number of alkyl halides is 3. The lowest BCUT2D eigenvalue weighted by molar-refractivity contribution is -0.142. The van der Waals surface area contributed by atoms with Gasteiger partial charge in [-0.15, -0.1) is 0 Å². The zero-order valence-electron chi connectivity index (χ0n) is 20.6. The number of benzene rings is 1. The Hall–Kier alpha value is -3.95. The summed E-state index contributed by atoms with van der Waals surface area (Å²) in [7, 11) is 3.75. The Morgan fingerprint density at radius 3 is 2.66 bits per heavy atom. The quantitative estimate of drug-likeness (QED) is 0.340. The fourth-order valence-electron chi connectivity index (χ4n) is 4.46. The van der Waals surface area contributed by atoms with Crippen molar-refractivity contribution in [2.45, 2.75) is 25.2 Å². The maximum Gasteiger partial charge on any atom is 0.435 e. The molecule has 1 aliphatic heterocycles. The van der Waals surface area contributed by atoms with Crippen LogP contribution in [-0.2, 0) is 28.9 Å². The first-order valence-electron chi connectivity index (χ1n) is 11.5. The molecule has 0 saturated heterocycles. The molecule has 38 heavy (non-hydrogen) atoms. The maximum atomic E-state index is 14.0. The van der Waals surface area contributed by atoms with Crippen LogP contribution in [0.2, 0.25) is 0 Å². The van der Waals surface area contributed by atoms with Gasteiger partial charge in [0, 0.05) is 41.7 Å². The lowest BCUT2D eigenvalue weighted by Crippen LogP contribution is -2.37. The number of carbonyl (C=O) groups is 2. The highest BCUT2D eigenvalue weighted by Crippen LogP contribution is 2.45. The van der Waals surface area contributed by atoms with Crippen LogP contribution < -0.4 is 0 Å². The zero-order chi connectivity index (χ0) is 27.6. The summed E-state index contributed by atoms with van der Waals surface area (Å²) >= 11 is 1.26. The molecular formula is C26H24F3N5O3S. The fourth-order valence-corrected chi connectivity index (χ4v) is 5.48. The summed E-state index contributed by atoms with van der Waals surface area (Å²) in [6.07, 6.45) is -0.505. The number of likely N-dealkylation sites (N-methyl/N-ethyl adjacent to an activating group) is 1. The third-order valence-electron chi connectivity index (χ3n) is 6.05. The molecule has 0 bridgehead atoms. The van der Waals surface area contributed by atoms with E-state index < -0.39 is 30.3 Å². The minimum absolute atomic E-state index is 0.202. The van der Waals surface area contributed by atoms with Crippen LogP contribution in [0, 0.1) is 6.57 Å². The van der Waals surface area contributed by atoms with E-state index in [-0.39, 0.29) is 23.6 Å². The summed E-state index contributed by atoms with van der Waals surface area (Å²) in [5.74, 6) is -2.06. The second-order valence-electron chi connectivity index (χ2n) is 9.08. The summed E-state index contributed by atoms with van der Waals surface area (Å²) in [5, 5.41) is 13.1. The third-order valence-corrected chi connectivity index (χ3v) is 7.08. The Morgan fingerprint density at radius 2 is 2.00 bits per heavy atom. The highest BCUT2D eigenvalue weighted by molar-refractivity contribution is 7.16. The molecule has 4 rings (SSSR count). The van der Waals surface area contributed by atoms with Gasteiger partial charge in [-0.2, -0.15) is 29.6 Å². The molecule has 0 fully saturated rings. The van der Waals surface area contributed by atoms with Crippen molar-refractivity contribution in [1.29, 1.82) is 0 Å². The van der Waals surface area contributed by atoms with Gasteiger partial charge >= 0.3 is 12.1 Å². The Bertz CT molecular complexity index is 1430. The molecule has 1 aromatic carbocycles. The minimum Gasteiger partial charge on any atom is -0.480 e. The van der Waals surface area contributed by atoms with Crippen LogP contribution in [0.4, 0.5) is 18.2 Å². The van der Waals surface area contributed by atoms with Crippen LogP contribution in [0.3, 0.4) is 0 Å². The van der Waals surface area contributed by atoms with E-state index in [1.165, 1.54) is 23.5 Å². The zero-order valence-corrected chi connectivity index (χ0v) is 21.4. The number of amides is 1. The predicted molar refractivity (Wildman–Crippen MR) is 136 cm³/mol. The summed E-state index contributed by atoms with van der Waals surface area (Å²) in [4.78, 5) is 32.1. The Labute approximate surface area is 221 Å². The molecule has 12 heteroatoms. The lowest BCUT2D eigenvalue weighted by atomic mass is 9.84. The number of hydrogen-bond donors (Lipinski definition) is 1. The van der Waals surface area contributed by atoms with Crippen LogP contribution in [0.25, 0.3) is 16.0 Å². The topological polar surface area (TPSA) is 83.0 Å². The molecule has 0 aliphatic carbocycles. The monoisotopic (exact) mass is 543 g/mol. The summed E-state index contributed by atoms with van der Waals surface area (Å²) in [6.45, 7) is 7.79. The number of fused-ring (bicyclic) bond motifs is 1. The van der Waals surface area contributed by atoms with E-state index in [1.807, 2.05) is 19.0 Å². The number of hydrogen-bond acceptors (Lipinski definition) is 5. The van der Waals surface area contributed by atoms with E-state index in [2.05, 4.69) is 9.94 Å². The molecule has 3 heterocycles. The average molecular weight is 544 g/mol. The van der Waals surface area contributed by atoms with Crippen molar-refractivity contribution in [2.24, 2.45) is 0 Å². The number of rotatable bonds is 7. The van der Waals surface area contributed by atoms with Crippen LogP contribution in [-0.4, -0.2) is 63.7 Å². The van der Waals surface area contributed by atoms with Crippen LogP contribution in [0.5, 0.6) is 0 Å². The number of thiophene rings is 1. The first kappa shape index (κ1) is 27.1. The van der Waals surface area contributed by atoms with E-state index in [4.69, 9.17) is 11.7 Å². The number of carboxylic acid groups (broad SMARTS) is 1. The highest BCUT2D eigenvalue weighted by Gasteiger charge is 2.39. The molecule has 8 nitrogen and oxygen atoms in total. The number of carboxylic acids is 1. The third kappa shape index (κ3) is 5.79. The SMILES string of the molecule is [C-]#[N+]c1cc2c(s1)CN(C(=O)/C=C/CN(C)C)C[C@H]2c1ccccc1-c1cn(CC(=O)O)nc1C(F)(F)F. The van der Waals surface area contributed by atoms with Crippen molar-refractivity contribution < 1.29 is 27.9 Å². The van der Waals surface area contributed by atoms with Gasteiger partial charge in [0.25, 0.3) is 0 Å². The molecular weight excluding hydrogens is 519 g/mol. The van der Waals surface area contributed by atoms with Gasteiger partial charge in [-0.1, -0.05) is 30.3 Å². The van der Waals surface area contributed by atoms with E-state index in [1.54, 1.807) is 35.2 Å². The van der Waals surface area contributed by atoms with Crippen molar-refractivity contribution in [3.05, 3.63) is 81.8 Å². The molecule has 0 radical (unpaired) electrons. The van der Waals surface area contributed by atoms with Crippen molar-refractivity contribution in [2.75, 3.05) is 27.2 Å². The number of halogens is 3. The molecule has 2 aromatic heterocycles. The number of nitrogens with zero attached hydrogens (tertiary/aromatic N) is 5. The molecule has 0 spiro atoms. The molecule has 1 amide bonds. The van der Waals surface area contributed by atoms with E-state index >= 15 is 0 Å². The van der Waals surface area contributed by atoms with Gasteiger partial charge in [-0.05, 0) is 36.9 Å². The number of aliphatic carboxylic acids is 1. The number of aromatic nitrogens is 2. The van der Waals surface area contributed by atoms with Gasteiger partial charge in [0.05, 0.1) is 13.1 Å². The van der Waals surface area contributed by atoms with Crippen molar-refractivity contribution in [3.8, 4) is 11.1 Å². The molecule has 0 unspecified atom stereocenters. The van der Waals surface area contributed by atoms with Gasteiger partial charge in [-0.3, -0.25) is 14.3 Å². The second kappa shape index (κ2) is 10.8. The van der Waals surface area contributed by atoms with Gasteiger partial charge < -0.3 is 14.9 Å². The molecule has 1 aliphatic rings. The maximum absolute atomic E-state index is 14.0. The number of carbonyl (C=O) groups excluding carboxylic acids is 1. The smallest absolute Gasteiger partial charge is 0.435 e. The molecule has 1 N–H and O–H groups in total. The van der Waals surface area contributed by atoms with E-state index in [0.29, 0.717) is 23.7 Å². The molecule has 1 atom stereocenters. The Morgan fingerprint density at radius 1 is 1.26 bits per heavy atom. The largest absolute Gasteiger partial charge is 0.480 e. The van der Waals surface area contributed by atoms with Gasteiger partial charge in [0.1, 0.15) is 6.54 Å². The van der Waals surface area contributed by atoms with Crippen LogP contribution >= 0.6 is 11.3 Å². The lowest BCUT2D eigenvalue weighted by Gasteiger charge is -2.34. The fraction of sp³-hybridized carbons (Fsp3) is 0.308. The Balaban J connectivity index is 1.82. The predicted octanol–water partition coefficient (Wildman–Crippen LogP) is 4.86. The summed E-state index contributed by atoms with van der Waals surface area (Å²) < 4.78 is 42.7.